The van der Waals surface area contributed by atoms with Crippen LogP contribution in [-0.4, -0.2) is 39.0 Å². The summed E-state index contributed by atoms with van der Waals surface area (Å²) in [5, 5.41) is 13.9. The molecule has 4 rings (SSSR count). The second-order valence-electron chi connectivity index (χ2n) is 7.39. The molecular weight excluding hydrogens is 472 g/mol. The summed E-state index contributed by atoms with van der Waals surface area (Å²) in [5.74, 6) is -2.31. The lowest BCUT2D eigenvalue weighted by atomic mass is 9.92. The van der Waals surface area contributed by atoms with Gasteiger partial charge >= 0.3 is 5.97 Å². The number of carboxylic acids is 1. The second kappa shape index (κ2) is 9.35. The van der Waals surface area contributed by atoms with Gasteiger partial charge in [-0.05, 0) is 48.0 Å². The minimum Gasteiger partial charge on any atom is -0.545 e. The second-order valence-corrected chi connectivity index (χ2v) is 8.99. The van der Waals surface area contributed by atoms with Crippen LogP contribution in [0.3, 0.4) is 0 Å². The number of methoxy groups -OCH3 is 1. The smallest absolute Gasteiger partial charge is 0.337 e. The Morgan fingerprint density at radius 3 is 2.09 bits per heavy atom. The molecule has 0 saturated heterocycles. The zero-order valence-electron chi connectivity index (χ0n) is 18.2. The van der Waals surface area contributed by atoms with Gasteiger partial charge in [-0.3, -0.25) is 4.79 Å². The number of nitrogens with one attached hydrogen (secondary N) is 1. The van der Waals surface area contributed by atoms with E-state index >= 15 is 0 Å². The monoisotopic (exact) mass is 489 g/mol. The SMILES string of the molecule is COC(=O)c1ccc(NC2=CC(=NS(=O)(=O)c3ccc(C(=O)[O-])cc3)c3ccccc3C2=O)cc1. The average Bonchev–Trinajstić information content (AvgIpc) is 2.86. The first-order valence-electron chi connectivity index (χ1n) is 10.2. The Kier molecular flexibility index (Phi) is 6.30. The fourth-order valence-corrected chi connectivity index (χ4v) is 4.40. The molecule has 1 aliphatic rings. The van der Waals surface area contributed by atoms with Gasteiger partial charge < -0.3 is 20.0 Å². The van der Waals surface area contributed by atoms with Crippen molar-refractivity contribution in [2.24, 2.45) is 4.40 Å². The number of benzene rings is 3. The lowest BCUT2D eigenvalue weighted by Gasteiger charge is -2.19. The minimum absolute atomic E-state index is 0.0258. The number of hydrogen-bond acceptors (Lipinski definition) is 8. The van der Waals surface area contributed by atoms with Gasteiger partial charge in [-0.15, -0.1) is 0 Å². The van der Waals surface area contributed by atoms with E-state index in [2.05, 4.69) is 14.5 Å². The summed E-state index contributed by atoms with van der Waals surface area (Å²) >= 11 is 0. The molecule has 0 fully saturated rings. The number of carbonyl (C=O) groups excluding carboxylic acids is 3. The van der Waals surface area contributed by atoms with E-state index in [9.17, 15) is 27.9 Å². The maximum Gasteiger partial charge on any atom is 0.337 e. The van der Waals surface area contributed by atoms with E-state index in [1.54, 1.807) is 36.4 Å². The molecule has 0 aliphatic heterocycles. The summed E-state index contributed by atoms with van der Waals surface area (Å²) < 4.78 is 34.5. The Bertz CT molecular complexity index is 1500. The van der Waals surface area contributed by atoms with Gasteiger partial charge in [-0.2, -0.15) is 12.8 Å². The van der Waals surface area contributed by atoms with E-state index in [0.717, 1.165) is 24.3 Å². The standard InChI is InChI=1S/C25H18N2O7S/c1-34-25(31)16-6-10-17(11-7-16)26-22-14-21(19-4-2-3-5-20(19)23(22)28)27-35(32,33)18-12-8-15(9-13-18)24(29)30/h2-14,26H,1H3,(H,29,30)/p-1. The summed E-state index contributed by atoms with van der Waals surface area (Å²) in [5.41, 5.74) is 1.33. The Morgan fingerprint density at radius 2 is 1.49 bits per heavy atom. The molecule has 1 aliphatic carbocycles. The van der Waals surface area contributed by atoms with E-state index in [4.69, 9.17) is 0 Å². The maximum absolute atomic E-state index is 13.1. The lowest BCUT2D eigenvalue weighted by molar-refractivity contribution is -0.255. The van der Waals surface area contributed by atoms with E-state index < -0.39 is 22.0 Å². The maximum atomic E-state index is 13.1. The van der Waals surface area contributed by atoms with Gasteiger partial charge in [0, 0.05) is 16.8 Å². The van der Waals surface area contributed by atoms with Crippen molar-refractivity contribution in [3.05, 3.63) is 107 Å². The van der Waals surface area contributed by atoms with Crippen LogP contribution in [0, 0.1) is 0 Å². The van der Waals surface area contributed by atoms with Crippen molar-refractivity contribution in [3.63, 3.8) is 0 Å². The highest BCUT2D eigenvalue weighted by Gasteiger charge is 2.26. The van der Waals surface area contributed by atoms with Crippen molar-refractivity contribution < 1.29 is 32.6 Å². The molecule has 1 N–H and O–H groups in total. The average molecular weight is 489 g/mol. The number of ether oxygens (including phenoxy) is 1. The predicted octanol–water partition coefficient (Wildman–Crippen LogP) is 2.21. The first kappa shape index (κ1) is 23.6. The van der Waals surface area contributed by atoms with Crippen LogP contribution in [0.1, 0.15) is 36.6 Å². The molecule has 0 spiro atoms. The molecular formula is C25H17N2O7S-. The highest BCUT2D eigenvalue weighted by molar-refractivity contribution is 7.90. The fraction of sp³-hybridized carbons (Fsp3) is 0.0400. The number of carbonyl (C=O) groups is 3. The number of Topliss-reactive ketones (excluding diaryl/α,β-unsaturated/α-hetero) is 1. The molecule has 0 aromatic heterocycles. The largest absolute Gasteiger partial charge is 0.545 e. The number of anilines is 1. The third kappa shape index (κ3) is 4.87. The summed E-state index contributed by atoms with van der Waals surface area (Å²) in [6, 6.07) is 17.1. The summed E-state index contributed by atoms with van der Waals surface area (Å²) in [7, 11) is -2.97. The zero-order chi connectivity index (χ0) is 25.2. The van der Waals surface area contributed by atoms with E-state index in [1.807, 2.05) is 0 Å². The first-order valence-corrected chi connectivity index (χ1v) is 11.6. The van der Waals surface area contributed by atoms with Gasteiger partial charge in [0.05, 0.1) is 34.9 Å². The van der Waals surface area contributed by atoms with Crippen molar-refractivity contribution in [2.75, 3.05) is 12.4 Å². The Hall–Kier alpha value is -4.57. The quantitative estimate of drug-likeness (QED) is 0.520. The molecule has 0 bridgehead atoms. The van der Waals surface area contributed by atoms with Gasteiger partial charge in [0.15, 0.2) is 0 Å². The topological polar surface area (TPSA) is 142 Å². The number of aromatic carboxylic acids is 1. The van der Waals surface area contributed by atoms with Gasteiger partial charge in [0.1, 0.15) is 0 Å². The van der Waals surface area contributed by atoms with Gasteiger partial charge in [0.25, 0.3) is 10.0 Å². The molecule has 0 radical (unpaired) electrons. The van der Waals surface area contributed by atoms with Crippen molar-refractivity contribution >= 4 is 39.1 Å². The number of ketones is 1. The van der Waals surface area contributed by atoms with Gasteiger partial charge in [-0.25, -0.2) is 4.79 Å². The van der Waals surface area contributed by atoms with Crippen molar-refractivity contribution in [1.82, 2.24) is 0 Å². The molecule has 3 aromatic carbocycles. The number of rotatable bonds is 6. The van der Waals surface area contributed by atoms with E-state index in [1.165, 1.54) is 25.3 Å². The minimum atomic E-state index is -4.24. The number of carboxylic acid groups (broad SMARTS) is 1. The number of fused-ring (bicyclic) bond motifs is 1. The molecule has 0 heterocycles. The van der Waals surface area contributed by atoms with Gasteiger partial charge in [0.2, 0.25) is 5.78 Å². The summed E-state index contributed by atoms with van der Waals surface area (Å²) in [6.45, 7) is 0. The number of esters is 1. The predicted molar refractivity (Wildman–Crippen MR) is 125 cm³/mol. The molecule has 10 heteroatoms. The fourth-order valence-electron chi connectivity index (χ4n) is 3.41. The Morgan fingerprint density at radius 1 is 0.886 bits per heavy atom. The number of hydrogen-bond donors (Lipinski definition) is 1. The number of allylic oxidation sites excluding steroid dienone is 2. The van der Waals surface area contributed by atoms with Crippen LogP contribution in [-0.2, 0) is 14.8 Å². The van der Waals surface area contributed by atoms with Crippen molar-refractivity contribution in [3.8, 4) is 0 Å². The van der Waals surface area contributed by atoms with Gasteiger partial charge in [-0.1, -0.05) is 36.4 Å². The third-order valence-electron chi connectivity index (χ3n) is 5.16. The molecule has 0 unspecified atom stereocenters. The Labute approximate surface area is 200 Å². The van der Waals surface area contributed by atoms with Crippen LogP contribution < -0.4 is 10.4 Å². The molecule has 0 saturated carbocycles. The first-order chi connectivity index (χ1) is 16.7. The molecule has 176 valence electrons. The normalized spacial score (nSPS) is 14.1. The molecule has 3 aromatic rings. The third-order valence-corrected chi connectivity index (χ3v) is 6.47. The number of nitrogens with zero attached hydrogens (tertiary/aromatic N) is 1. The molecule has 0 amide bonds. The summed E-state index contributed by atoms with van der Waals surface area (Å²) in [4.78, 5) is 35.4. The molecule has 35 heavy (non-hydrogen) atoms. The summed E-state index contributed by atoms with van der Waals surface area (Å²) in [6.07, 6.45) is 1.33. The highest BCUT2D eigenvalue weighted by atomic mass is 32.2. The van der Waals surface area contributed by atoms with Crippen LogP contribution in [0.5, 0.6) is 0 Å². The van der Waals surface area contributed by atoms with Crippen LogP contribution in [0.2, 0.25) is 0 Å². The van der Waals surface area contributed by atoms with Crippen molar-refractivity contribution in [1.29, 1.82) is 0 Å². The molecule has 9 nitrogen and oxygen atoms in total. The van der Waals surface area contributed by atoms with Crippen LogP contribution >= 0.6 is 0 Å². The van der Waals surface area contributed by atoms with Crippen LogP contribution in [0.25, 0.3) is 0 Å². The Balaban J connectivity index is 1.73. The zero-order valence-corrected chi connectivity index (χ0v) is 19.0. The van der Waals surface area contributed by atoms with Crippen LogP contribution in [0.4, 0.5) is 5.69 Å². The van der Waals surface area contributed by atoms with E-state index in [0.29, 0.717) is 16.8 Å². The van der Waals surface area contributed by atoms with Crippen LogP contribution in [0.15, 0.2) is 93.9 Å². The number of sulfonamides is 1. The lowest BCUT2D eigenvalue weighted by Crippen LogP contribution is -2.23. The highest BCUT2D eigenvalue weighted by Crippen LogP contribution is 2.25. The van der Waals surface area contributed by atoms with E-state index in [-0.39, 0.29) is 33.2 Å². The molecule has 0 atom stereocenters. The van der Waals surface area contributed by atoms with Crippen molar-refractivity contribution in [2.45, 2.75) is 4.90 Å².